The van der Waals surface area contributed by atoms with Gasteiger partial charge in [-0.25, -0.2) is 0 Å². The summed E-state index contributed by atoms with van der Waals surface area (Å²) >= 11 is 0. The highest BCUT2D eigenvalue weighted by atomic mass is 19.4. The van der Waals surface area contributed by atoms with Crippen LogP contribution in [0.1, 0.15) is 11.7 Å². The van der Waals surface area contributed by atoms with Gasteiger partial charge in [-0.3, -0.25) is 9.36 Å². The van der Waals surface area contributed by atoms with Crippen LogP contribution in [-0.2, 0) is 0 Å². The Labute approximate surface area is 94.4 Å². The average molecular weight is 243 g/mol. The molecular weight excluding hydrogens is 235 g/mol. The molecule has 1 aromatic heterocycles. The Hall–Kier alpha value is -1.98. The molecule has 0 unspecified atom stereocenters. The lowest BCUT2D eigenvalue weighted by Crippen LogP contribution is -2.17. The van der Waals surface area contributed by atoms with Crippen LogP contribution in [0.4, 0.5) is 13.2 Å². The third-order valence-electron chi connectivity index (χ3n) is 2.23. The van der Waals surface area contributed by atoms with Crippen LogP contribution in [0.25, 0.3) is 10.9 Å². The second-order valence-electron chi connectivity index (χ2n) is 3.47. The summed E-state index contributed by atoms with van der Waals surface area (Å²) in [6.07, 6.45) is -3.21. The van der Waals surface area contributed by atoms with Gasteiger partial charge in [0.25, 0.3) is 0 Å². The SMILES string of the molecule is CC(=O)n1ccc2cc(OC(F)(F)F)ccc21. The Kier molecular flexibility index (Phi) is 2.57. The van der Waals surface area contributed by atoms with E-state index in [4.69, 9.17) is 0 Å². The van der Waals surface area contributed by atoms with Gasteiger partial charge in [0.1, 0.15) is 5.75 Å². The molecule has 0 bridgehead atoms. The van der Waals surface area contributed by atoms with Gasteiger partial charge >= 0.3 is 6.36 Å². The zero-order valence-electron chi connectivity index (χ0n) is 8.78. The number of halogens is 3. The van der Waals surface area contributed by atoms with Crippen molar-refractivity contribution in [3.63, 3.8) is 0 Å². The van der Waals surface area contributed by atoms with Crippen LogP contribution >= 0.6 is 0 Å². The summed E-state index contributed by atoms with van der Waals surface area (Å²) in [7, 11) is 0. The summed E-state index contributed by atoms with van der Waals surface area (Å²) in [5, 5.41) is 0.516. The zero-order chi connectivity index (χ0) is 12.6. The predicted octanol–water partition coefficient (Wildman–Crippen LogP) is 3.20. The Morgan fingerprint density at radius 1 is 1.29 bits per heavy atom. The first-order valence-electron chi connectivity index (χ1n) is 4.74. The van der Waals surface area contributed by atoms with Crippen molar-refractivity contribution in [1.29, 1.82) is 0 Å². The van der Waals surface area contributed by atoms with Crippen LogP contribution in [0, 0.1) is 0 Å². The molecule has 0 atom stereocenters. The predicted molar refractivity (Wildman–Crippen MR) is 54.9 cm³/mol. The van der Waals surface area contributed by atoms with Gasteiger partial charge in [0.2, 0.25) is 5.91 Å². The molecule has 0 aliphatic carbocycles. The molecule has 0 spiro atoms. The quantitative estimate of drug-likeness (QED) is 0.770. The number of fused-ring (bicyclic) bond motifs is 1. The first-order valence-corrected chi connectivity index (χ1v) is 4.74. The second-order valence-corrected chi connectivity index (χ2v) is 3.47. The summed E-state index contributed by atoms with van der Waals surface area (Å²) in [6.45, 7) is 1.37. The third-order valence-corrected chi connectivity index (χ3v) is 2.23. The molecule has 17 heavy (non-hydrogen) atoms. The van der Waals surface area contributed by atoms with Crippen molar-refractivity contribution in [2.24, 2.45) is 0 Å². The molecule has 90 valence electrons. The molecule has 2 aromatic rings. The van der Waals surface area contributed by atoms with E-state index < -0.39 is 6.36 Å². The Morgan fingerprint density at radius 2 is 2.00 bits per heavy atom. The number of benzene rings is 1. The van der Waals surface area contributed by atoms with Crippen molar-refractivity contribution >= 4 is 16.8 Å². The molecule has 1 heterocycles. The van der Waals surface area contributed by atoms with Crippen molar-refractivity contribution in [3.05, 3.63) is 30.5 Å². The Morgan fingerprint density at radius 3 is 2.59 bits per heavy atom. The molecule has 0 aliphatic rings. The summed E-state index contributed by atoms with van der Waals surface area (Å²) in [4.78, 5) is 11.2. The smallest absolute Gasteiger partial charge is 0.406 e. The molecule has 0 aliphatic heterocycles. The van der Waals surface area contributed by atoms with Crippen molar-refractivity contribution in [1.82, 2.24) is 4.57 Å². The topological polar surface area (TPSA) is 31.2 Å². The van der Waals surface area contributed by atoms with Crippen LogP contribution in [-0.4, -0.2) is 16.8 Å². The van der Waals surface area contributed by atoms with Gasteiger partial charge in [-0.2, -0.15) is 0 Å². The summed E-state index contributed by atoms with van der Waals surface area (Å²) in [6, 6.07) is 5.38. The van der Waals surface area contributed by atoms with Crippen LogP contribution in [0.2, 0.25) is 0 Å². The lowest BCUT2D eigenvalue weighted by Gasteiger charge is -2.08. The number of hydrogen-bond donors (Lipinski definition) is 0. The molecule has 2 rings (SSSR count). The minimum atomic E-state index is -4.71. The molecule has 0 fully saturated rings. The zero-order valence-corrected chi connectivity index (χ0v) is 8.78. The normalized spacial score (nSPS) is 11.8. The van der Waals surface area contributed by atoms with E-state index in [1.54, 1.807) is 6.07 Å². The van der Waals surface area contributed by atoms with E-state index in [1.807, 2.05) is 0 Å². The summed E-state index contributed by atoms with van der Waals surface area (Å²) < 4.78 is 41.1. The monoisotopic (exact) mass is 243 g/mol. The minimum absolute atomic E-state index is 0.204. The number of carbonyl (C=O) groups is 1. The summed E-state index contributed by atoms with van der Waals surface area (Å²) in [5.41, 5.74) is 0.548. The van der Waals surface area contributed by atoms with Crippen molar-refractivity contribution in [2.75, 3.05) is 0 Å². The highest BCUT2D eigenvalue weighted by Crippen LogP contribution is 2.26. The van der Waals surface area contributed by atoms with Crippen molar-refractivity contribution in [2.45, 2.75) is 13.3 Å². The number of hydrogen-bond acceptors (Lipinski definition) is 2. The number of carbonyl (C=O) groups excluding carboxylic acids is 1. The number of alkyl halides is 3. The standard InChI is InChI=1S/C11H8F3NO2/c1-7(16)15-5-4-8-6-9(2-3-10(8)15)17-11(12,13)14/h2-6H,1H3. The average Bonchev–Trinajstić information content (AvgIpc) is 2.57. The van der Waals surface area contributed by atoms with Gasteiger partial charge < -0.3 is 4.74 Å². The highest BCUT2D eigenvalue weighted by Gasteiger charge is 2.31. The Balaban J connectivity index is 2.43. The fraction of sp³-hybridized carbons (Fsp3) is 0.182. The second kappa shape index (κ2) is 3.80. The maximum Gasteiger partial charge on any atom is 0.573 e. The van der Waals surface area contributed by atoms with E-state index in [9.17, 15) is 18.0 Å². The van der Waals surface area contributed by atoms with Gasteiger partial charge in [-0.1, -0.05) is 0 Å². The molecule has 3 nitrogen and oxygen atoms in total. The molecule has 0 amide bonds. The number of ether oxygens (including phenoxy) is 1. The molecule has 0 radical (unpaired) electrons. The van der Waals surface area contributed by atoms with E-state index in [0.29, 0.717) is 10.9 Å². The number of rotatable bonds is 1. The van der Waals surface area contributed by atoms with E-state index in [1.165, 1.54) is 35.9 Å². The van der Waals surface area contributed by atoms with Gasteiger partial charge in [-0.05, 0) is 24.3 Å². The van der Waals surface area contributed by atoms with Crippen LogP contribution < -0.4 is 4.74 Å². The van der Waals surface area contributed by atoms with Crippen LogP contribution in [0.15, 0.2) is 30.5 Å². The third kappa shape index (κ3) is 2.41. The van der Waals surface area contributed by atoms with Crippen LogP contribution in [0.5, 0.6) is 5.75 Å². The lowest BCUT2D eigenvalue weighted by atomic mass is 10.2. The molecule has 0 N–H and O–H groups in total. The molecule has 1 aromatic carbocycles. The number of nitrogens with zero attached hydrogens (tertiary/aromatic N) is 1. The van der Waals surface area contributed by atoms with Gasteiger partial charge in [0.15, 0.2) is 0 Å². The van der Waals surface area contributed by atoms with E-state index in [-0.39, 0.29) is 11.7 Å². The highest BCUT2D eigenvalue weighted by molar-refractivity contribution is 5.92. The van der Waals surface area contributed by atoms with E-state index >= 15 is 0 Å². The number of aromatic nitrogens is 1. The van der Waals surface area contributed by atoms with Gasteiger partial charge in [0.05, 0.1) is 5.52 Å². The first-order chi connectivity index (χ1) is 7.87. The molecular formula is C11H8F3NO2. The lowest BCUT2D eigenvalue weighted by molar-refractivity contribution is -0.274. The summed E-state index contributed by atoms with van der Waals surface area (Å²) in [5.74, 6) is -0.504. The minimum Gasteiger partial charge on any atom is -0.406 e. The van der Waals surface area contributed by atoms with E-state index in [0.717, 1.165) is 0 Å². The molecule has 6 heteroatoms. The fourth-order valence-electron chi connectivity index (χ4n) is 1.59. The van der Waals surface area contributed by atoms with Gasteiger partial charge in [0, 0.05) is 18.5 Å². The molecule has 0 saturated heterocycles. The van der Waals surface area contributed by atoms with Crippen LogP contribution in [0.3, 0.4) is 0 Å². The maximum atomic E-state index is 12.0. The first kappa shape index (κ1) is 11.5. The molecule has 0 saturated carbocycles. The largest absolute Gasteiger partial charge is 0.573 e. The van der Waals surface area contributed by atoms with Gasteiger partial charge in [-0.15, -0.1) is 13.2 Å². The van der Waals surface area contributed by atoms with Crippen molar-refractivity contribution < 1.29 is 22.7 Å². The Bertz CT molecular complexity index is 572. The maximum absolute atomic E-state index is 12.0. The fourth-order valence-corrected chi connectivity index (χ4v) is 1.59. The van der Waals surface area contributed by atoms with E-state index in [2.05, 4.69) is 4.74 Å². The van der Waals surface area contributed by atoms with Crippen molar-refractivity contribution in [3.8, 4) is 5.75 Å².